The number of anilines is 1. The van der Waals surface area contributed by atoms with Crippen molar-refractivity contribution >= 4 is 28.8 Å². The third kappa shape index (κ3) is 4.79. The highest BCUT2D eigenvalue weighted by molar-refractivity contribution is 6.30. The minimum atomic E-state index is -0.718. The van der Waals surface area contributed by atoms with Crippen molar-refractivity contribution in [2.45, 2.75) is 6.92 Å². The van der Waals surface area contributed by atoms with Crippen LogP contribution in [0.3, 0.4) is 0 Å². The lowest BCUT2D eigenvalue weighted by molar-refractivity contribution is -0.136. The van der Waals surface area contributed by atoms with E-state index in [2.05, 4.69) is 5.32 Å². The van der Waals surface area contributed by atoms with Crippen LogP contribution in [0.2, 0.25) is 5.02 Å². The number of hydrogen-bond acceptors (Lipinski definition) is 3. The zero-order chi connectivity index (χ0) is 16.8. The quantitative estimate of drug-likeness (QED) is 0.638. The molecule has 120 valence electrons. The standard InChI is InChI=1S/C17H14ClF2NO2/c1-2-23-17(22)16(11-3-5-12(18)6-4-11)10-21-15-8-13(19)7-14(20)9-15/h3-10,21H,2H2,1H3/b16-10+. The van der Waals surface area contributed by atoms with Crippen LogP contribution in [0, 0.1) is 11.6 Å². The van der Waals surface area contributed by atoms with Gasteiger partial charge in [0.1, 0.15) is 11.6 Å². The normalized spacial score (nSPS) is 11.2. The van der Waals surface area contributed by atoms with Gasteiger partial charge in [-0.1, -0.05) is 23.7 Å². The maximum atomic E-state index is 13.2. The molecular weight excluding hydrogens is 324 g/mol. The average molecular weight is 338 g/mol. The number of esters is 1. The number of benzene rings is 2. The van der Waals surface area contributed by atoms with E-state index in [1.807, 2.05) is 0 Å². The van der Waals surface area contributed by atoms with Crippen molar-refractivity contribution in [3.05, 3.63) is 70.9 Å². The number of nitrogens with one attached hydrogen (secondary N) is 1. The van der Waals surface area contributed by atoms with E-state index in [0.717, 1.165) is 18.2 Å². The van der Waals surface area contributed by atoms with Crippen molar-refractivity contribution in [2.75, 3.05) is 11.9 Å². The molecule has 0 unspecified atom stereocenters. The Hall–Kier alpha value is -2.40. The number of hydrogen-bond donors (Lipinski definition) is 1. The summed E-state index contributed by atoms with van der Waals surface area (Å²) in [5, 5.41) is 3.23. The average Bonchev–Trinajstić information content (AvgIpc) is 2.48. The van der Waals surface area contributed by atoms with E-state index in [-0.39, 0.29) is 17.9 Å². The smallest absolute Gasteiger partial charge is 0.340 e. The van der Waals surface area contributed by atoms with Crippen LogP contribution in [-0.4, -0.2) is 12.6 Å². The van der Waals surface area contributed by atoms with Gasteiger partial charge in [-0.2, -0.15) is 0 Å². The van der Waals surface area contributed by atoms with Gasteiger partial charge in [-0.3, -0.25) is 0 Å². The van der Waals surface area contributed by atoms with Crippen LogP contribution in [0.1, 0.15) is 12.5 Å². The van der Waals surface area contributed by atoms with Crippen molar-refractivity contribution in [1.29, 1.82) is 0 Å². The second kappa shape index (κ2) is 7.74. The molecule has 0 atom stereocenters. The van der Waals surface area contributed by atoms with Crippen LogP contribution >= 0.6 is 11.6 Å². The molecule has 0 aliphatic heterocycles. The molecule has 0 aliphatic rings. The molecule has 0 heterocycles. The second-order valence-electron chi connectivity index (χ2n) is 4.59. The lowest BCUT2D eigenvalue weighted by atomic mass is 10.1. The van der Waals surface area contributed by atoms with Crippen molar-refractivity contribution in [1.82, 2.24) is 0 Å². The summed E-state index contributed by atoms with van der Waals surface area (Å²) in [7, 11) is 0. The molecule has 23 heavy (non-hydrogen) atoms. The van der Waals surface area contributed by atoms with Gasteiger partial charge in [0.05, 0.1) is 12.2 Å². The van der Waals surface area contributed by atoms with Crippen molar-refractivity contribution in [3.8, 4) is 0 Å². The highest BCUT2D eigenvalue weighted by Gasteiger charge is 2.13. The largest absolute Gasteiger partial charge is 0.462 e. The molecule has 0 aliphatic carbocycles. The molecule has 1 N–H and O–H groups in total. The van der Waals surface area contributed by atoms with Gasteiger partial charge in [-0.05, 0) is 36.8 Å². The Kier molecular flexibility index (Phi) is 5.71. The van der Waals surface area contributed by atoms with Gasteiger partial charge in [-0.25, -0.2) is 13.6 Å². The molecule has 0 saturated heterocycles. The van der Waals surface area contributed by atoms with E-state index in [9.17, 15) is 13.6 Å². The van der Waals surface area contributed by atoms with Gasteiger partial charge in [0.25, 0.3) is 0 Å². The lowest BCUT2D eigenvalue weighted by Crippen LogP contribution is -2.08. The fourth-order valence-electron chi connectivity index (χ4n) is 1.89. The molecule has 0 aromatic heterocycles. The Labute approximate surface area is 137 Å². The number of rotatable bonds is 5. The van der Waals surface area contributed by atoms with Crippen molar-refractivity contribution in [3.63, 3.8) is 0 Å². The second-order valence-corrected chi connectivity index (χ2v) is 5.02. The summed E-state index contributed by atoms with van der Waals surface area (Å²) in [6.07, 6.45) is 1.34. The van der Waals surface area contributed by atoms with E-state index in [4.69, 9.17) is 16.3 Å². The molecule has 0 amide bonds. The zero-order valence-corrected chi connectivity index (χ0v) is 13.0. The molecule has 6 heteroatoms. The van der Waals surface area contributed by atoms with E-state index in [0.29, 0.717) is 10.6 Å². The summed E-state index contributed by atoms with van der Waals surface area (Å²) >= 11 is 5.83. The predicted molar refractivity (Wildman–Crippen MR) is 86.0 cm³/mol. The SMILES string of the molecule is CCOC(=O)/C(=C/Nc1cc(F)cc(F)c1)c1ccc(Cl)cc1. The van der Waals surface area contributed by atoms with Crippen LogP contribution in [0.5, 0.6) is 0 Å². The summed E-state index contributed by atoms with van der Waals surface area (Å²) < 4.78 is 31.4. The fraction of sp³-hybridized carbons (Fsp3) is 0.118. The first kappa shape index (κ1) is 17.0. The first-order valence-corrected chi connectivity index (χ1v) is 7.23. The molecule has 3 nitrogen and oxygen atoms in total. The predicted octanol–water partition coefficient (Wildman–Crippen LogP) is 4.63. The van der Waals surface area contributed by atoms with E-state index in [1.165, 1.54) is 6.20 Å². The van der Waals surface area contributed by atoms with Gasteiger partial charge in [0, 0.05) is 23.0 Å². The highest BCUT2D eigenvalue weighted by Crippen LogP contribution is 2.20. The topological polar surface area (TPSA) is 38.3 Å². The van der Waals surface area contributed by atoms with Gasteiger partial charge >= 0.3 is 5.97 Å². The molecule has 0 spiro atoms. The van der Waals surface area contributed by atoms with E-state index in [1.54, 1.807) is 31.2 Å². The number of halogens is 3. The molecule has 0 radical (unpaired) electrons. The molecule has 2 rings (SSSR count). The van der Waals surface area contributed by atoms with E-state index >= 15 is 0 Å². The van der Waals surface area contributed by atoms with Gasteiger partial charge in [0.15, 0.2) is 0 Å². The third-order valence-corrected chi connectivity index (χ3v) is 3.15. The Morgan fingerprint density at radius 2 is 1.78 bits per heavy atom. The van der Waals surface area contributed by atoms with Crippen LogP contribution in [0.15, 0.2) is 48.7 Å². The van der Waals surface area contributed by atoms with E-state index < -0.39 is 17.6 Å². The molecule has 0 saturated carbocycles. The fourth-order valence-corrected chi connectivity index (χ4v) is 2.02. The van der Waals surface area contributed by atoms with Crippen molar-refractivity contribution < 1.29 is 18.3 Å². The molecule has 2 aromatic carbocycles. The third-order valence-electron chi connectivity index (χ3n) is 2.90. The zero-order valence-electron chi connectivity index (χ0n) is 12.3. The number of carbonyl (C=O) groups is 1. The Morgan fingerprint density at radius 1 is 1.17 bits per heavy atom. The molecule has 0 fully saturated rings. The van der Waals surface area contributed by atoms with Gasteiger partial charge in [-0.15, -0.1) is 0 Å². The molecular formula is C17H14ClF2NO2. The summed E-state index contributed by atoms with van der Waals surface area (Å²) in [5.41, 5.74) is 0.962. The van der Waals surface area contributed by atoms with Crippen molar-refractivity contribution in [2.24, 2.45) is 0 Å². The molecule has 0 bridgehead atoms. The Balaban J connectivity index is 2.32. The minimum Gasteiger partial charge on any atom is -0.462 e. The van der Waals surface area contributed by atoms with Crippen LogP contribution < -0.4 is 5.32 Å². The first-order valence-electron chi connectivity index (χ1n) is 6.85. The first-order chi connectivity index (χ1) is 11.0. The van der Waals surface area contributed by atoms with Gasteiger partial charge in [0.2, 0.25) is 0 Å². The number of carbonyl (C=O) groups excluding carboxylic acids is 1. The summed E-state index contributed by atoms with van der Waals surface area (Å²) in [5.74, 6) is -1.99. The number of ether oxygens (including phenoxy) is 1. The maximum absolute atomic E-state index is 13.2. The summed E-state index contributed by atoms with van der Waals surface area (Å²) in [6.45, 7) is 1.89. The maximum Gasteiger partial charge on any atom is 0.340 e. The van der Waals surface area contributed by atoms with Crippen LogP contribution in [0.25, 0.3) is 5.57 Å². The highest BCUT2D eigenvalue weighted by atomic mass is 35.5. The van der Waals surface area contributed by atoms with Gasteiger partial charge < -0.3 is 10.1 Å². The van der Waals surface area contributed by atoms with Crippen LogP contribution in [-0.2, 0) is 9.53 Å². The Bertz CT molecular complexity index is 710. The Morgan fingerprint density at radius 3 is 2.35 bits per heavy atom. The summed E-state index contributed by atoms with van der Waals surface area (Å²) in [6, 6.07) is 9.56. The van der Waals surface area contributed by atoms with Crippen LogP contribution in [0.4, 0.5) is 14.5 Å². The molecule has 2 aromatic rings. The summed E-state index contributed by atoms with van der Waals surface area (Å²) in [4.78, 5) is 12.1. The monoisotopic (exact) mass is 337 g/mol. The minimum absolute atomic E-state index is 0.179. The lowest BCUT2D eigenvalue weighted by Gasteiger charge is -2.09.